The van der Waals surface area contributed by atoms with Crippen molar-refractivity contribution in [3.8, 4) is 11.5 Å². The summed E-state index contributed by atoms with van der Waals surface area (Å²) in [5.74, 6) is 1.36. The van der Waals surface area contributed by atoms with Crippen LogP contribution in [0, 0.1) is 6.92 Å². The van der Waals surface area contributed by atoms with E-state index in [0.29, 0.717) is 23.6 Å². The molecule has 1 heterocycles. The number of hydrogen-bond acceptors (Lipinski definition) is 4. The van der Waals surface area contributed by atoms with Gasteiger partial charge in [0, 0.05) is 11.9 Å². The Kier molecular flexibility index (Phi) is 5.94. The lowest BCUT2D eigenvalue weighted by molar-refractivity contribution is 0.222. The Bertz CT molecular complexity index is 643. The zero-order valence-corrected chi connectivity index (χ0v) is 13.2. The van der Waals surface area contributed by atoms with Gasteiger partial charge in [-0.2, -0.15) is 0 Å². The van der Waals surface area contributed by atoms with Gasteiger partial charge in [0.15, 0.2) is 0 Å². The van der Waals surface area contributed by atoms with Gasteiger partial charge in [-0.15, -0.1) is 0 Å². The van der Waals surface area contributed by atoms with Gasteiger partial charge in [0.05, 0.1) is 18.8 Å². The molecular formula is C17H21N3O3. The fraction of sp³-hybridized carbons (Fsp3) is 0.294. The fourth-order valence-electron chi connectivity index (χ4n) is 2.01. The van der Waals surface area contributed by atoms with Crippen LogP contribution in [0.4, 0.5) is 10.5 Å². The number of ether oxygens (including phenoxy) is 1. The molecule has 2 amide bonds. The third-order valence-corrected chi connectivity index (χ3v) is 3.34. The summed E-state index contributed by atoms with van der Waals surface area (Å²) in [6.07, 6.45) is 3.99. The van der Waals surface area contributed by atoms with Crippen molar-refractivity contribution in [3.05, 3.63) is 48.3 Å². The second kappa shape index (κ2) is 8.14. The first-order chi connectivity index (χ1) is 11.1. The van der Waals surface area contributed by atoms with Crippen LogP contribution in [0.3, 0.4) is 0 Å². The molecular weight excluding hydrogens is 294 g/mol. The number of amides is 2. The summed E-state index contributed by atoms with van der Waals surface area (Å²) in [6, 6.07) is 8.42. The summed E-state index contributed by atoms with van der Waals surface area (Å²) in [6.45, 7) is 3.72. The first-order valence-electron chi connectivity index (χ1n) is 7.49. The Morgan fingerprint density at radius 1 is 1.39 bits per heavy atom. The number of benzene rings is 1. The SMILES string of the molecule is CCC(CO)NC(=O)Nc1ccc(Oc2cccnc2)c(C)c1. The van der Waals surface area contributed by atoms with Crippen molar-refractivity contribution in [2.75, 3.05) is 11.9 Å². The molecule has 1 aromatic heterocycles. The number of aliphatic hydroxyl groups excluding tert-OH is 1. The molecule has 0 aliphatic rings. The molecule has 23 heavy (non-hydrogen) atoms. The van der Waals surface area contributed by atoms with Gasteiger partial charge >= 0.3 is 6.03 Å². The summed E-state index contributed by atoms with van der Waals surface area (Å²) in [4.78, 5) is 15.9. The van der Waals surface area contributed by atoms with E-state index in [1.807, 2.05) is 26.0 Å². The Labute approximate surface area is 135 Å². The molecule has 3 N–H and O–H groups in total. The first-order valence-corrected chi connectivity index (χ1v) is 7.49. The van der Waals surface area contributed by atoms with Crippen LogP contribution in [-0.4, -0.2) is 28.8 Å². The Morgan fingerprint density at radius 3 is 2.83 bits per heavy atom. The lowest BCUT2D eigenvalue weighted by Crippen LogP contribution is -2.39. The van der Waals surface area contributed by atoms with Gasteiger partial charge in [-0.1, -0.05) is 6.92 Å². The van der Waals surface area contributed by atoms with E-state index in [1.165, 1.54) is 0 Å². The second-order valence-corrected chi connectivity index (χ2v) is 5.16. The number of aryl methyl sites for hydroxylation is 1. The van der Waals surface area contributed by atoms with Crippen LogP contribution >= 0.6 is 0 Å². The predicted octanol–water partition coefficient (Wildman–Crippen LogP) is 3.07. The van der Waals surface area contributed by atoms with Crippen molar-refractivity contribution in [1.82, 2.24) is 10.3 Å². The standard InChI is InChI=1S/C17H21N3O3/c1-3-13(11-21)19-17(22)20-14-6-7-16(12(2)9-14)23-15-5-4-8-18-10-15/h4-10,13,21H,3,11H2,1-2H3,(H2,19,20,22). The minimum Gasteiger partial charge on any atom is -0.455 e. The summed E-state index contributed by atoms with van der Waals surface area (Å²) < 4.78 is 5.74. The Hall–Kier alpha value is -2.60. The molecule has 0 bridgehead atoms. The van der Waals surface area contributed by atoms with E-state index in [9.17, 15) is 4.79 Å². The van der Waals surface area contributed by atoms with Crippen molar-refractivity contribution in [2.24, 2.45) is 0 Å². The van der Waals surface area contributed by atoms with Gasteiger partial charge in [0.1, 0.15) is 11.5 Å². The average molecular weight is 315 g/mol. The highest BCUT2D eigenvalue weighted by Crippen LogP contribution is 2.26. The van der Waals surface area contributed by atoms with E-state index in [-0.39, 0.29) is 18.7 Å². The summed E-state index contributed by atoms with van der Waals surface area (Å²) in [5, 5.41) is 14.5. The zero-order valence-electron chi connectivity index (χ0n) is 13.2. The fourth-order valence-corrected chi connectivity index (χ4v) is 2.01. The average Bonchev–Trinajstić information content (AvgIpc) is 2.56. The van der Waals surface area contributed by atoms with E-state index >= 15 is 0 Å². The van der Waals surface area contributed by atoms with E-state index in [2.05, 4.69) is 15.6 Å². The molecule has 0 spiro atoms. The Morgan fingerprint density at radius 2 is 2.22 bits per heavy atom. The maximum absolute atomic E-state index is 11.9. The molecule has 0 aliphatic carbocycles. The monoisotopic (exact) mass is 315 g/mol. The van der Waals surface area contributed by atoms with Crippen molar-refractivity contribution < 1.29 is 14.6 Å². The minimum atomic E-state index is -0.341. The van der Waals surface area contributed by atoms with Crippen LogP contribution in [0.2, 0.25) is 0 Å². The molecule has 0 saturated heterocycles. The maximum Gasteiger partial charge on any atom is 0.319 e. The number of aromatic nitrogens is 1. The summed E-state index contributed by atoms with van der Waals surface area (Å²) in [7, 11) is 0. The van der Waals surface area contributed by atoms with Crippen LogP contribution in [0.15, 0.2) is 42.7 Å². The van der Waals surface area contributed by atoms with Crippen LogP contribution in [0.1, 0.15) is 18.9 Å². The molecule has 0 fully saturated rings. The number of hydrogen-bond donors (Lipinski definition) is 3. The molecule has 2 rings (SSSR count). The molecule has 1 atom stereocenters. The van der Waals surface area contributed by atoms with Gasteiger partial charge < -0.3 is 20.5 Å². The van der Waals surface area contributed by atoms with Crippen molar-refractivity contribution in [1.29, 1.82) is 0 Å². The smallest absolute Gasteiger partial charge is 0.319 e. The topological polar surface area (TPSA) is 83.5 Å². The van der Waals surface area contributed by atoms with E-state index < -0.39 is 0 Å². The molecule has 0 saturated carbocycles. The van der Waals surface area contributed by atoms with Gasteiger partial charge in [-0.05, 0) is 49.2 Å². The first kappa shape index (κ1) is 16.8. The lowest BCUT2D eigenvalue weighted by atomic mass is 10.2. The number of nitrogens with zero attached hydrogens (tertiary/aromatic N) is 1. The number of carbonyl (C=O) groups is 1. The number of aliphatic hydroxyl groups is 1. The van der Waals surface area contributed by atoms with Crippen LogP contribution in [0.5, 0.6) is 11.5 Å². The zero-order chi connectivity index (χ0) is 16.7. The van der Waals surface area contributed by atoms with Crippen molar-refractivity contribution in [2.45, 2.75) is 26.3 Å². The maximum atomic E-state index is 11.9. The van der Waals surface area contributed by atoms with E-state index in [0.717, 1.165) is 5.56 Å². The molecule has 6 nitrogen and oxygen atoms in total. The van der Waals surface area contributed by atoms with Gasteiger partial charge in [-0.3, -0.25) is 4.98 Å². The van der Waals surface area contributed by atoms with E-state index in [1.54, 1.807) is 30.6 Å². The van der Waals surface area contributed by atoms with Crippen molar-refractivity contribution >= 4 is 11.7 Å². The highest BCUT2D eigenvalue weighted by molar-refractivity contribution is 5.89. The normalized spacial score (nSPS) is 11.6. The third kappa shape index (κ3) is 4.96. The summed E-state index contributed by atoms with van der Waals surface area (Å²) >= 11 is 0. The van der Waals surface area contributed by atoms with E-state index in [4.69, 9.17) is 9.84 Å². The largest absolute Gasteiger partial charge is 0.455 e. The molecule has 6 heteroatoms. The molecule has 0 radical (unpaired) electrons. The number of rotatable bonds is 6. The van der Waals surface area contributed by atoms with Gasteiger partial charge in [0.2, 0.25) is 0 Å². The molecule has 2 aromatic rings. The Balaban J connectivity index is 2.00. The highest BCUT2D eigenvalue weighted by atomic mass is 16.5. The number of nitrogens with one attached hydrogen (secondary N) is 2. The number of pyridine rings is 1. The molecule has 1 unspecified atom stereocenters. The van der Waals surface area contributed by atoms with Gasteiger partial charge in [-0.25, -0.2) is 4.79 Å². The number of carbonyl (C=O) groups excluding carboxylic acids is 1. The molecule has 1 aromatic carbocycles. The predicted molar refractivity (Wildman–Crippen MR) is 88.8 cm³/mol. The molecule has 122 valence electrons. The number of anilines is 1. The lowest BCUT2D eigenvalue weighted by Gasteiger charge is -2.15. The number of urea groups is 1. The third-order valence-electron chi connectivity index (χ3n) is 3.34. The van der Waals surface area contributed by atoms with Gasteiger partial charge in [0.25, 0.3) is 0 Å². The van der Waals surface area contributed by atoms with Crippen molar-refractivity contribution in [3.63, 3.8) is 0 Å². The van der Waals surface area contributed by atoms with Crippen LogP contribution < -0.4 is 15.4 Å². The van der Waals surface area contributed by atoms with Crippen LogP contribution in [0.25, 0.3) is 0 Å². The van der Waals surface area contributed by atoms with Crippen LogP contribution in [-0.2, 0) is 0 Å². The highest BCUT2D eigenvalue weighted by Gasteiger charge is 2.10. The molecule has 0 aliphatic heterocycles. The minimum absolute atomic E-state index is 0.0825. The second-order valence-electron chi connectivity index (χ2n) is 5.16. The summed E-state index contributed by atoms with van der Waals surface area (Å²) in [5.41, 5.74) is 1.55. The quantitative estimate of drug-likeness (QED) is 0.765.